The normalized spacial score (nSPS) is 10.6. The second-order valence-electron chi connectivity index (χ2n) is 3.20. The standard InChI is InChI=1S/C10H17NS/c1-4-5-6-7-10-8(2)11-9(3)12-10/h4-7H2,1-3H3. The molecule has 68 valence electrons. The zero-order valence-electron chi connectivity index (χ0n) is 8.18. The van der Waals surface area contributed by atoms with E-state index in [1.807, 2.05) is 11.3 Å². The van der Waals surface area contributed by atoms with Gasteiger partial charge in [0, 0.05) is 4.88 Å². The minimum Gasteiger partial charge on any atom is -0.247 e. The minimum absolute atomic E-state index is 1.21. The van der Waals surface area contributed by atoms with E-state index < -0.39 is 0 Å². The van der Waals surface area contributed by atoms with Crippen molar-refractivity contribution >= 4 is 11.3 Å². The average Bonchev–Trinajstić information content (AvgIpc) is 2.31. The Hall–Kier alpha value is -0.370. The van der Waals surface area contributed by atoms with Crippen molar-refractivity contribution in [3.63, 3.8) is 0 Å². The summed E-state index contributed by atoms with van der Waals surface area (Å²) in [6.45, 7) is 6.44. The molecule has 0 radical (unpaired) electrons. The Morgan fingerprint density at radius 2 is 2.00 bits per heavy atom. The number of thiazole rings is 1. The van der Waals surface area contributed by atoms with Gasteiger partial charge in [-0.3, -0.25) is 0 Å². The van der Waals surface area contributed by atoms with Crippen LogP contribution in [0.25, 0.3) is 0 Å². The van der Waals surface area contributed by atoms with Crippen molar-refractivity contribution in [1.82, 2.24) is 4.98 Å². The Labute approximate surface area is 78.8 Å². The van der Waals surface area contributed by atoms with Gasteiger partial charge in [-0.2, -0.15) is 0 Å². The number of nitrogens with zero attached hydrogens (tertiary/aromatic N) is 1. The summed E-state index contributed by atoms with van der Waals surface area (Å²) in [4.78, 5) is 5.90. The van der Waals surface area contributed by atoms with Crippen molar-refractivity contribution in [3.8, 4) is 0 Å². The second-order valence-corrected chi connectivity index (χ2v) is 4.49. The predicted molar refractivity (Wildman–Crippen MR) is 54.8 cm³/mol. The van der Waals surface area contributed by atoms with Gasteiger partial charge in [0.1, 0.15) is 0 Å². The minimum atomic E-state index is 1.21. The van der Waals surface area contributed by atoms with Crippen molar-refractivity contribution < 1.29 is 0 Å². The van der Waals surface area contributed by atoms with E-state index in [1.165, 1.54) is 41.3 Å². The van der Waals surface area contributed by atoms with Gasteiger partial charge in [-0.25, -0.2) is 4.98 Å². The van der Waals surface area contributed by atoms with E-state index in [9.17, 15) is 0 Å². The van der Waals surface area contributed by atoms with Crippen LogP contribution in [0.2, 0.25) is 0 Å². The molecule has 0 aliphatic rings. The number of rotatable bonds is 4. The first kappa shape index (κ1) is 9.72. The molecule has 1 nitrogen and oxygen atoms in total. The van der Waals surface area contributed by atoms with Crippen LogP contribution in [0.3, 0.4) is 0 Å². The van der Waals surface area contributed by atoms with Crippen LogP contribution in [-0.4, -0.2) is 4.98 Å². The number of unbranched alkanes of at least 4 members (excludes halogenated alkanes) is 2. The van der Waals surface area contributed by atoms with Crippen LogP contribution in [0, 0.1) is 13.8 Å². The molecule has 0 aliphatic carbocycles. The van der Waals surface area contributed by atoms with Crippen molar-refractivity contribution in [2.24, 2.45) is 0 Å². The molecule has 1 rings (SSSR count). The summed E-state index contributed by atoms with van der Waals surface area (Å²) < 4.78 is 0. The van der Waals surface area contributed by atoms with Crippen LogP contribution in [0.5, 0.6) is 0 Å². The maximum Gasteiger partial charge on any atom is 0.0900 e. The molecule has 0 atom stereocenters. The van der Waals surface area contributed by atoms with Gasteiger partial charge in [0.05, 0.1) is 10.7 Å². The van der Waals surface area contributed by atoms with Gasteiger partial charge in [0.25, 0.3) is 0 Å². The third kappa shape index (κ3) is 2.59. The van der Waals surface area contributed by atoms with Gasteiger partial charge in [-0.1, -0.05) is 19.8 Å². The molecule has 1 aromatic rings. The summed E-state index contributed by atoms with van der Waals surface area (Å²) in [5, 5.41) is 1.21. The second kappa shape index (κ2) is 4.61. The lowest BCUT2D eigenvalue weighted by molar-refractivity contribution is 0.720. The third-order valence-corrected chi connectivity index (χ3v) is 3.14. The van der Waals surface area contributed by atoms with E-state index in [1.54, 1.807) is 0 Å². The number of hydrogen-bond acceptors (Lipinski definition) is 2. The molecule has 1 aromatic heterocycles. The molecule has 0 aromatic carbocycles. The monoisotopic (exact) mass is 183 g/mol. The summed E-state index contributed by atoms with van der Waals surface area (Å²) in [6.07, 6.45) is 5.19. The Balaban J connectivity index is 2.45. The predicted octanol–water partition coefficient (Wildman–Crippen LogP) is 3.49. The van der Waals surface area contributed by atoms with Crippen LogP contribution >= 0.6 is 11.3 Å². The maximum atomic E-state index is 4.41. The smallest absolute Gasteiger partial charge is 0.0900 e. The van der Waals surface area contributed by atoms with E-state index >= 15 is 0 Å². The van der Waals surface area contributed by atoms with Crippen LogP contribution in [0.4, 0.5) is 0 Å². The summed E-state index contributed by atoms with van der Waals surface area (Å²) in [7, 11) is 0. The SMILES string of the molecule is CCCCCc1sc(C)nc1C. The molecule has 0 N–H and O–H groups in total. The van der Waals surface area contributed by atoms with E-state index in [4.69, 9.17) is 0 Å². The molecule has 0 spiro atoms. The number of aromatic nitrogens is 1. The fourth-order valence-electron chi connectivity index (χ4n) is 1.34. The highest BCUT2D eigenvalue weighted by atomic mass is 32.1. The van der Waals surface area contributed by atoms with Crippen molar-refractivity contribution in [1.29, 1.82) is 0 Å². The fourth-order valence-corrected chi connectivity index (χ4v) is 2.32. The Bertz CT molecular complexity index is 240. The van der Waals surface area contributed by atoms with Gasteiger partial charge in [0.2, 0.25) is 0 Å². The van der Waals surface area contributed by atoms with Gasteiger partial charge in [0.15, 0.2) is 0 Å². The molecular formula is C10H17NS. The highest BCUT2D eigenvalue weighted by Gasteiger charge is 2.02. The largest absolute Gasteiger partial charge is 0.247 e. The third-order valence-electron chi connectivity index (χ3n) is 2.01. The first-order valence-corrected chi connectivity index (χ1v) is 5.48. The first-order valence-electron chi connectivity index (χ1n) is 4.67. The lowest BCUT2D eigenvalue weighted by atomic mass is 10.2. The molecule has 0 saturated heterocycles. The lowest BCUT2D eigenvalue weighted by Gasteiger charge is -1.96. The zero-order chi connectivity index (χ0) is 8.97. The van der Waals surface area contributed by atoms with E-state index in [2.05, 4.69) is 25.8 Å². The molecule has 0 aliphatic heterocycles. The van der Waals surface area contributed by atoms with Crippen LogP contribution in [0.1, 0.15) is 41.8 Å². The fraction of sp³-hybridized carbons (Fsp3) is 0.700. The molecule has 0 amide bonds. The first-order chi connectivity index (χ1) is 5.74. The van der Waals surface area contributed by atoms with Crippen molar-refractivity contribution in [3.05, 3.63) is 15.6 Å². The van der Waals surface area contributed by atoms with Gasteiger partial charge >= 0.3 is 0 Å². The van der Waals surface area contributed by atoms with Gasteiger partial charge < -0.3 is 0 Å². The summed E-state index contributed by atoms with van der Waals surface area (Å²) in [6, 6.07) is 0. The topological polar surface area (TPSA) is 12.9 Å². The summed E-state index contributed by atoms with van der Waals surface area (Å²) in [5.74, 6) is 0. The molecular weight excluding hydrogens is 166 g/mol. The van der Waals surface area contributed by atoms with Gasteiger partial charge in [-0.05, 0) is 26.7 Å². The van der Waals surface area contributed by atoms with E-state index in [0.717, 1.165) is 0 Å². The van der Waals surface area contributed by atoms with Crippen molar-refractivity contribution in [2.75, 3.05) is 0 Å². The quantitative estimate of drug-likeness (QED) is 0.651. The van der Waals surface area contributed by atoms with Crippen LogP contribution in [-0.2, 0) is 6.42 Å². The highest BCUT2D eigenvalue weighted by Crippen LogP contribution is 2.19. The molecule has 0 bridgehead atoms. The molecule has 0 saturated carbocycles. The van der Waals surface area contributed by atoms with Gasteiger partial charge in [-0.15, -0.1) is 11.3 Å². The Morgan fingerprint density at radius 1 is 1.25 bits per heavy atom. The highest BCUT2D eigenvalue weighted by molar-refractivity contribution is 7.11. The number of aryl methyl sites for hydroxylation is 3. The van der Waals surface area contributed by atoms with E-state index in [-0.39, 0.29) is 0 Å². The summed E-state index contributed by atoms with van der Waals surface area (Å²) >= 11 is 1.85. The molecule has 0 fully saturated rings. The molecule has 0 unspecified atom stereocenters. The van der Waals surface area contributed by atoms with Crippen LogP contribution in [0.15, 0.2) is 0 Å². The Morgan fingerprint density at radius 3 is 2.50 bits per heavy atom. The molecule has 2 heteroatoms. The molecule has 12 heavy (non-hydrogen) atoms. The number of hydrogen-bond donors (Lipinski definition) is 0. The summed E-state index contributed by atoms with van der Waals surface area (Å²) in [5.41, 5.74) is 1.24. The zero-order valence-corrected chi connectivity index (χ0v) is 9.00. The molecule has 1 heterocycles. The van der Waals surface area contributed by atoms with Crippen molar-refractivity contribution in [2.45, 2.75) is 46.5 Å². The van der Waals surface area contributed by atoms with E-state index in [0.29, 0.717) is 0 Å². The Kier molecular flexibility index (Phi) is 3.73. The average molecular weight is 183 g/mol. The lowest BCUT2D eigenvalue weighted by Crippen LogP contribution is -1.84. The maximum absolute atomic E-state index is 4.41. The van der Waals surface area contributed by atoms with Crippen LogP contribution < -0.4 is 0 Å².